The van der Waals surface area contributed by atoms with Gasteiger partial charge in [0.1, 0.15) is 5.75 Å². The van der Waals surface area contributed by atoms with E-state index in [4.69, 9.17) is 10.5 Å². The second-order valence-corrected chi connectivity index (χ2v) is 6.15. The predicted octanol–water partition coefficient (Wildman–Crippen LogP) is 1.88. The van der Waals surface area contributed by atoms with Gasteiger partial charge in [0.2, 0.25) is 0 Å². The first kappa shape index (κ1) is 15.6. The molecule has 3 N–H and O–H groups in total. The number of likely N-dealkylation sites (tertiary alicyclic amines) is 1. The fourth-order valence-electron chi connectivity index (χ4n) is 2.69. The van der Waals surface area contributed by atoms with Crippen molar-refractivity contribution in [2.45, 2.75) is 32.2 Å². The number of nitrogens with zero attached hydrogens (tertiary/aromatic N) is 1. The van der Waals surface area contributed by atoms with Crippen molar-refractivity contribution in [1.29, 1.82) is 0 Å². The maximum Gasteiger partial charge on any atom is 0.251 e. The molecule has 0 aliphatic carbocycles. The lowest BCUT2D eigenvalue weighted by atomic mass is 10.0. The van der Waals surface area contributed by atoms with Crippen molar-refractivity contribution < 1.29 is 9.53 Å². The Kier molecular flexibility index (Phi) is 4.73. The number of rotatable bonds is 5. The van der Waals surface area contributed by atoms with E-state index in [2.05, 4.69) is 24.1 Å². The van der Waals surface area contributed by atoms with E-state index in [1.54, 1.807) is 25.3 Å². The molecule has 0 bridgehead atoms. The molecule has 2 rings (SSSR count). The summed E-state index contributed by atoms with van der Waals surface area (Å²) in [6.45, 7) is 7.18. The van der Waals surface area contributed by atoms with E-state index in [-0.39, 0.29) is 11.4 Å². The van der Waals surface area contributed by atoms with Crippen molar-refractivity contribution in [2.24, 2.45) is 0 Å². The number of hydrogen-bond donors (Lipinski definition) is 2. The zero-order valence-corrected chi connectivity index (χ0v) is 13.1. The highest BCUT2D eigenvalue weighted by Gasteiger charge is 2.29. The quantitative estimate of drug-likeness (QED) is 0.813. The maximum absolute atomic E-state index is 12.3. The lowest BCUT2D eigenvalue weighted by Crippen LogP contribution is -2.50. The molecule has 21 heavy (non-hydrogen) atoms. The van der Waals surface area contributed by atoms with E-state index in [0.717, 1.165) is 13.1 Å². The van der Waals surface area contributed by atoms with Gasteiger partial charge in [-0.05, 0) is 58.0 Å². The normalized spacial score (nSPS) is 16.0. The van der Waals surface area contributed by atoms with Gasteiger partial charge in [-0.2, -0.15) is 0 Å². The van der Waals surface area contributed by atoms with Crippen LogP contribution in [0.1, 0.15) is 37.0 Å². The molecule has 0 saturated carbocycles. The average molecular weight is 291 g/mol. The van der Waals surface area contributed by atoms with Gasteiger partial charge in [-0.25, -0.2) is 0 Å². The maximum atomic E-state index is 12.3. The average Bonchev–Trinajstić information content (AvgIpc) is 3.00. The monoisotopic (exact) mass is 291 g/mol. The molecular weight excluding hydrogens is 266 g/mol. The van der Waals surface area contributed by atoms with Crippen LogP contribution in [0.2, 0.25) is 0 Å². The fraction of sp³-hybridized carbons (Fsp3) is 0.562. The Labute approximate surface area is 126 Å². The Balaban J connectivity index is 1.98. The molecule has 1 fully saturated rings. The van der Waals surface area contributed by atoms with Crippen LogP contribution in [0.3, 0.4) is 0 Å². The molecule has 1 aliphatic heterocycles. The largest absolute Gasteiger partial charge is 0.495 e. The number of amides is 1. The first-order valence-electron chi connectivity index (χ1n) is 7.41. The van der Waals surface area contributed by atoms with Crippen LogP contribution in [0.4, 0.5) is 5.69 Å². The van der Waals surface area contributed by atoms with Crippen LogP contribution in [0.5, 0.6) is 5.75 Å². The molecular formula is C16H25N3O2. The molecule has 0 radical (unpaired) electrons. The van der Waals surface area contributed by atoms with Crippen molar-refractivity contribution >= 4 is 11.6 Å². The number of nitrogens with one attached hydrogen (secondary N) is 1. The summed E-state index contributed by atoms with van der Waals surface area (Å²) in [6.07, 6.45) is 2.49. The minimum Gasteiger partial charge on any atom is -0.495 e. The van der Waals surface area contributed by atoms with E-state index in [1.807, 2.05) is 0 Å². The van der Waals surface area contributed by atoms with Gasteiger partial charge in [-0.1, -0.05) is 0 Å². The summed E-state index contributed by atoms with van der Waals surface area (Å²) in [5.41, 5.74) is 6.84. The second kappa shape index (κ2) is 6.35. The minimum absolute atomic E-state index is 0.0238. The van der Waals surface area contributed by atoms with E-state index in [1.165, 1.54) is 12.8 Å². The zero-order valence-electron chi connectivity index (χ0n) is 13.1. The third-order valence-corrected chi connectivity index (χ3v) is 4.14. The van der Waals surface area contributed by atoms with Gasteiger partial charge in [0.05, 0.1) is 12.8 Å². The molecule has 5 heteroatoms. The van der Waals surface area contributed by atoms with Gasteiger partial charge in [-0.15, -0.1) is 0 Å². The predicted molar refractivity (Wildman–Crippen MR) is 84.6 cm³/mol. The lowest BCUT2D eigenvalue weighted by molar-refractivity contribution is 0.0901. The summed E-state index contributed by atoms with van der Waals surface area (Å²) >= 11 is 0. The van der Waals surface area contributed by atoms with Gasteiger partial charge in [0, 0.05) is 17.6 Å². The molecule has 1 aliphatic rings. The number of nitrogen functional groups attached to an aromatic ring is 1. The van der Waals surface area contributed by atoms with E-state index in [9.17, 15) is 4.79 Å². The molecule has 116 valence electrons. The second-order valence-electron chi connectivity index (χ2n) is 6.15. The first-order chi connectivity index (χ1) is 9.94. The van der Waals surface area contributed by atoms with E-state index >= 15 is 0 Å². The molecule has 0 aromatic heterocycles. The third-order valence-electron chi connectivity index (χ3n) is 4.14. The van der Waals surface area contributed by atoms with Crippen LogP contribution in [-0.2, 0) is 0 Å². The number of hydrogen-bond acceptors (Lipinski definition) is 4. The van der Waals surface area contributed by atoms with Crippen LogP contribution in [0, 0.1) is 0 Å². The smallest absolute Gasteiger partial charge is 0.251 e. The van der Waals surface area contributed by atoms with Crippen molar-refractivity contribution in [1.82, 2.24) is 10.2 Å². The highest BCUT2D eigenvalue weighted by molar-refractivity contribution is 5.95. The SMILES string of the molecule is COc1cc(C(=O)NCC(C)(C)N2CCCC2)ccc1N. The molecule has 1 aromatic rings. The number of carbonyl (C=O) groups is 1. The van der Waals surface area contributed by atoms with Crippen molar-refractivity contribution in [3.05, 3.63) is 23.8 Å². The Bertz CT molecular complexity index is 508. The summed E-state index contributed by atoms with van der Waals surface area (Å²) in [7, 11) is 1.55. The molecule has 1 saturated heterocycles. The number of ether oxygens (including phenoxy) is 1. The number of carbonyl (C=O) groups excluding carboxylic acids is 1. The molecule has 0 spiro atoms. The van der Waals surface area contributed by atoms with Gasteiger partial charge in [0.15, 0.2) is 0 Å². The molecule has 1 heterocycles. The fourth-order valence-corrected chi connectivity index (χ4v) is 2.69. The standard InChI is InChI=1S/C16H25N3O2/c1-16(2,19-8-4-5-9-19)11-18-15(20)12-6-7-13(17)14(10-12)21-3/h6-7,10H,4-5,8-9,11,17H2,1-3H3,(H,18,20). The Morgan fingerprint density at radius 2 is 2.05 bits per heavy atom. The molecule has 5 nitrogen and oxygen atoms in total. The Morgan fingerprint density at radius 1 is 1.38 bits per heavy atom. The molecule has 1 amide bonds. The van der Waals surface area contributed by atoms with Gasteiger partial charge in [0.25, 0.3) is 5.91 Å². The van der Waals surface area contributed by atoms with Crippen molar-refractivity contribution in [3.63, 3.8) is 0 Å². The lowest BCUT2D eigenvalue weighted by Gasteiger charge is -2.35. The van der Waals surface area contributed by atoms with Crippen LogP contribution in [0.15, 0.2) is 18.2 Å². The van der Waals surface area contributed by atoms with Crippen LogP contribution >= 0.6 is 0 Å². The summed E-state index contributed by atoms with van der Waals surface area (Å²) in [6, 6.07) is 5.09. The molecule has 0 unspecified atom stereocenters. The zero-order chi connectivity index (χ0) is 15.5. The van der Waals surface area contributed by atoms with Gasteiger partial charge in [-0.3, -0.25) is 9.69 Å². The summed E-state index contributed by atoms with van der Waals surface area (Å²) in [4.78, 5) is 14.7. The number of nitrogens with two attached hydrogens (primary N) is 1. The van der Waals surface area contributed by atoms with Crippen molar-refractivity contribution in [2.75, 3.05) is 32.5 Å². The Hall–Kier alpha value is -1.75. The van der Waals surface area contributed by atoms with Crippen LogP contribution in [0.25, 0.3) is 0 Å². The number of benzene rings is 1. The minimum atomic E-state index is -0.0967. The number of methoxy groups -OCH3 is 1. The topological polar surface area (TPSA) is 67.6 Å². The first-order valence-corrected chi connectivity index (χ1v) is 7.41. The van der Waals surface area contributed by atoms with E-state index in [0.29, 0.717) is 23.5 Å². The number of anilines is 1. The summed E-state index contributed by atoms with van der Waals surface area (Å²) in [5, 5.41) is 3.01. The van der Waals surface area contributed by atoms with Gasteiger partial charge < -0.3 is 15.8 Å². The highest BCUT2D eigenvalue weighted by Crippen LogP contribution is 2.23. The Morgan fingerprint density at radius 3 is 2.67 bits per heavy atom. The van der Waals surface area contributed by atoms with Gasteiger partial charge >= 0.3 is 0 Å². The summed E-state index contributed by atoms with van der Waals surface area (Å²) in [5.74, 6) is 0.432. The van der Waals surface area contributed by atoms with Crippen molar-refractivity contribution in [3.8, 4) is 5.75 Å². The third kappa shape index (κ3) is 3.67. The summed E-state index contributed by atoms with van der Waals surface area (Å²) < 4.78 is 5.15. The highest BCUT2D eigenvalue weighted by atomic mass is 16.5. The molecule has 1 aromatic carbocycles. The van der Waals surface area contributed by atoms with Crippen LogP contribution in [-0.4, -0.2) is 43.1 Å². The molecule has 0 atom stereocenters. The van der Waals surface area contributed by atoms with Crippen LogP contribution < -0.4 is 15.8 Å². The van der Waals surface area contributed by atoms with E-state index < -0.39 is 0 Å².